The van der Waals surface area contributed by atoms with Crippen molar-refractivity contribution in [3.8, 4) is 0 Å². The molecule has 0 amide bonds. The summed E-state index contributed by atoms with van der Waals surface area (Å²) in [6, 6.07) is 12.2. The first-order valence-corrected chi connectivity index (χ1v) is 7.45. The molecule has 2 aromatic carbocycles. The Labute approximate surface area is 126 Å². The molecule has 19 heavy (non-hydrogen) atoms. The van der Waals surface area contributed by atoms with Gasteiger partial charge in [0.1, 0.15) is 0 Å². The van der Waals surface area contributed by atoms with Crippen molar-refractivity contribution in [2.24, 2.45) is 0 Å². The van der Waals surface area contributed by atoms with Crippen molar-refractivity contribution in [3.05, 3.63) is 57.0 Å². The lowest BCUT2D eigenvalue weighted by molar-refractivity contribution is 1.11. The number of nitrogens with one attached hydrogen (secondary N) is 2. The first-order chi connectivity index (χ1) is 9.24. The molecule has 1 heterocycles. The summed E-state index contributed by atoms with van der Waals surface area (Å²) in [6.45, 7) is 1.82. The molecule has 0 fully saturated rings. The second-order valence-electron chi connectivity index (χ2n) is 4.61. The average molecular weight is 338 g/mol. The van der Waals surface area contributed by atoms with Crippen LogP contribution in [0, 0.1) is 0 Å². The largest absolute Gasteiger partial charge is 0.384 e. The average Bonchev–Trinajstić information content (AvgIpc) is 2.88. The van der Waals surface area contributed by atoms with E-state index in [1.165, 1.54) is 16.8 Å². The van der Waals surface area contributed by atoms with Crippen molar-refractivity contribution in [1.82, 2.24) is 0 Å². The number of halogens is 2. The van der Waals surface area contributed by atoms with Crippen molar-refractivity contribution < 1.29 is 0 Å². The molecule has 2 N–H and O–H groups in total. The van der Waals surface area contributed by atoms with Crippen LogP contribution in [-0.4, -0.2) is 6.54 Å². The minimum Gasteiger partial charge on any atom is -0.384 e. The maximum atomic E-state index is 6.02. The molecule has 1 aliphatic heterocycles. The zero-order chi connectivity index (χ0) is 13.2. The van der Waals surface area contributed by atoms with E-state index in [2.05, 4.69) is 44.8 Å². The van der Waals surface area contributed by atoms with Gasteiger partial charge in [-0.2, -0.15) is 0 Å². The normalized spacial score (nSPS) is 12.9. The third-order valence-electron chi connectivity index (χ3n) is 3.33. The van der Waals surface area contributed by atoms with Gasteiger partial charge in [-0.25, -0.2) is 0 Å². The number of para-hydroxylation sites is 1. The monoisotopic (exact) mass is 336 g/mol. The van der Waals surface area contributed by atoms with Crippen LogP contribution in [-0.2, 0) is 13.0 Å². The molecule has 2 aromatic rings. The first kappa shape index (κ1) is 12.8. The zero-order valence-electron chi connectivity index (χ0n) is 10.3. The fourth-order valence-electron chi connectivity index (χ4n) is 2.38. The maximum Gasteiger partial charge on any atom is 0.0502 e. The molecule has 2 nitrogen and oxygen atoms in total. The summed E-state index contributed by atoms with van der Waals surface area (Å²) >= 11 is 9.55. The summed E-state index contributed by atoms with van der Waals surface area (Å²) in [5.74, 6) is 0. The highest BCUT2D eigenvalue weighted by Crippen LogP contribution is 2.29. The molecule has 98 valence electrons. The van der Waals surface area contributed by atoms with Crippen molar-refractivity contribution in [2.45, 2.75) is 13.0 Å². The SMILES string of the molecule is Clc1ccc(Br)c(NCc2cccc3c2NCC3)c1. The zero-order valence-corrected chi connectivity index (χ0v) is 12.7. The Balaban J connectivity index is 1.80. The molecular weight excluding hydrogens is 324 g/mol. The molecule has 0 aromatic heterocycles. The van der Waals surface area contributed by atoms with Gasteiger partial charge in [-0.3, -0.25) is 0 Å². The summed E-state index contributed by atoms with van der Waals surface area (Å²) in [5, 5.41) is 7.62. The van der Waals surface area contributed by atoms with Crippen LogP contribution in [0.2, 0.25) is 5.02 Å². The van der Waals surface area contributed by atoms with Gasteiger partial charge in [0.15, 0.2) is 0 Å². The number of hydrogen-bond acceptors (Lipinski definition) is 2. The van der Waals surface area contributed by atoms with Crippen LogP contribution in [0.4, 0.5) is 11.4 Å². The van der Waals surface area contributed by atoms with Gasteiger partial charge in [-0.05, 0) is 51.7 Å². The highest BCUT2D eigenvalue weighted by atomic mass is 79.9. The van der Waals surface area contributed by atoms with Crippen molar-refractivity contribution in [1.29, 1.82) is 0 Å². The van der Waals surface area contributed by atoms with E-state index < -0.39 is 0 Å². The smallest absolute Gasteiger partial charge is 0.0502 e. The summed E-state index contributed by atoms with van der Waals surface area (Å²) in [4.78, 5) is 0. The van der Waals surface area contributed by atoms with E-state index in [4.69, 9.17) is 11.6 Å². The van der Waals surface area contributed by atoms with E-state index in [0.29, 0.717) is 0 Å². The predicted octanol–water partition coefficient (Wildman–Crippen LogP) is 4.68. The van der Waals surface area contributed by atoms with Crippen LogP contribution < -0.4 is 10.6 Å². The molecule has 3 rings (SSSR count). The van der Waals surface area contributed by atoms with Crippen LogP contribution >= 0.6 is 27.5 Å². The highest BCUT2D eigenvalue weighted by Gasteiger charge is 2.13. The molecule has 1 aliphatic rings. The third-order valence-corrected chi connectivity index (χ3v) is 4.26. The number of benzene rings is 2. The van der Waals surface area contributed by atoms with E-state index in [9.17, 15) is 0 Å². The van der Waals surface area contributed by atoms with Crippen LogP contribution in [0.15, 0.2) is 40.9 Å². The lowest BCUT2D eigenvalue weighted by Crippen LogP contribution is -2.03. The van der Waals surface area contributed by atoms with Gasteiger partial charge >= 0.3 is 0 Å². The molecule has 0 atom stereocenters. The first-order valence-electron chi connectivity index (χ1n) is 6.27. The van der Waals surface area contributed by atoms with E-state index in [-0.39, 0.29) is 0 Å². The van der Waals surface area contributed by atoms with Crippen molar-refractivity contribution in [3.63, 3.8) is 0 Å². The van der Waals surface area contributed by atoms with Crippen LogP contribution in [0.5, 0.6) is 0 Å². The Hall–Kier alpha value is -1.19. The van der Waals surface area contributed by atoms with Gasteiger partial charge in [0, 0.05) is 28.3 Å². The number of hydrogen-bond donors (Lipinski definition) is 2. The Morgan fingerprint density at radius 1 is 1.26 bits per heavy atom. The van der Waals surface area contributed by atoms with E-state index in [0.717, 1.165) is 34.7 Å². The van der Waals surface area contributed by atoms with Gasteiger partial charge in [-0.15, -0.1) is 0 Å². The molecular formula is C15H14BrClN2. The quantitative estimate of drug-likeness (QED) is 0.849. The van der Waals surface area contributed by atoms with Gasteiger partial charge in [0.25, 0.3) is 0 Å². The Kier molecular flexibility index (Phi) is 3.67. The minimum atomic E-state index is 0.738. The Bertz CT molecular complexity index is 613. The van der Waals surface area contributed by atoms with Gasteiger partial charge in [0.2, 0.25) is 0 Å². The number of fused-ring (bicyclic) bond motifs is 1. The summed E-state index contributed by atoms with van der Waals surface area (Å²) in [6.07, 6.45) is 1.12. The predicted molar refractivity (Wildman–Crippen MR) is 85.1 cm³/mol. The number of anilines is 2. The van der Waals surface area contributed by atoms with E-state index >= 15 is 0 Å². The lowest BCUT2D eigenvalue weighted by atomic mass is 10.1. The molecule has 0 bridgehead atoms. The van der Waals surface area contributed by atoms with Gasteiger partial charge in [-0.1, -0.05) is 29.8 Å². The molecule has 0 saturated heterocycles. The van der Waals surface area contributed by atoms with Gasteiger partial charge in [0.05, 0.1) is 5.69 Å². The maximum absolute atomic E-state index is 6.02. The van der Waals surface area contributed by atoms with Crippen LogP contribution in [0.1, 0.15) is 11.1 Å². The molecule has 4 heteroatoms. The van der Waals surface area contributed by atoms with E-state index in [1.807, 2.05) is 18.2 Å². The number of rotatable bonds is 3. The highest BCUT2D eigenvalue weighted by molar-refractivity contribution is 9.10. The Morgan fingerprint density at radius 3 is 3.05 bits per heavy atom. The van der Waals surface area contributed by atoms with Crippen LogP contribution in [0.25, 0.3) is 0 Å². The lowest BCUT2D eigenvalue weighted by Gasteiger charge is -2.12. The molecule has 0 saturated carbocycles. The third kappa shape index (κ3) is 2.72. The topological polar surface area (TPSA) is 24.1 Å². The van der Waals surface area contributed by atoms with Crippen molar-refractivity contribution >= 4 is 38.9 Å². The van der Waals surface area contributed by atoms with Crippen molar-refractivity contribution in [2.75, 3.05) is 17.2 Å². The standard InChI is InChI=1S/C15H14BrClN2/c16-13-5-4-12(17)8-14(13)19-9-11-3-1-2-10-6-7-18-15(10)11/h1-5,8,18-19H,6-7,9H2. The molecule has 0 aliphatic carbocycles. The molecule has 0 spiro atoms. The second kappa shape index (κ2) is 5.43. The summed E-state index contributed by atoms with van der Waals surface area (Å²) < 4.78 is 1.03. The van der Waals surface area contributed by atoms with Gasteiger partial charge < -0.3 is 10.6 Å². The summed E-state index contributed by atoms with van der Waals surface area (Å²) in [5.41, 5.74) is 5.00. The minimum absolute atomic E-state index is 0.738. The fraction of sp³-hybridized carbons (Fsp3) is 0.200. The van der Waals surface area contributed by atoms with Crippen LogP contribution in [0.3, 0.4) is 0 Å². The van der Waals surface area contributed by atoms with E-state index in [1.54, 1.807) is 0 Å². The second-order valence-corrected chi connectivity index (χ2v) is 5.90. The molecule has 0 radical (unpaired) electrons. The Morgan fingerprint density at radius 2 is 2.16 bits per heavy atom. The summed E-state index contributed by atoms with van der Waals surface area (Å²) in [7, 11) is 0. The fourth-order valence-corrected chi connectivity index (χ4v) is 2.94. The molecule has 0 unspecified atom stereocenters.